The summed E-state index contributed by atoms with van der Waals surface area (Å²) in [6.07, 6.45) is 1.77. The van der Waals surface area contributed by atoms with Crippen LogP contribution < -0.4 is 0 Å². The number of nitrogens with zero attached hydrogens (tertiary/aromatic N) is 1. The maximum atomic E-state index is 12.7. The van der Waals surface area contributed by atoms with Gasteiger partial charge in [0.2, 0.25) is 0 Å². The molecule has 1 rings (SSSR count). The molecule has 1 amide bonds. The summed E-state index contributed by atoms with van der Waals surface area (Å²) in [6.45, 7) is 10.1. The van der Waals surface area contributed by atoms with E-state index in [1.54, 1.807) is 4.90 Å². The molecule has 0 spiro atoms. The van der Waals surface area contributed by atoms with Gasteiger partial charge in [-0.05, 0) is 33.6 Å². The van der Waals surface area contributed by atoms with Gasteiger partial charge in [-0.2, -0.15) is 0 Å². The third-order valence-electron chi connectivity index (χ3n) is 3.76. The van der Waals surface area contributed by atoms with Crippen LogP contribution in [-0.4, -0.2) is 35.1 Å². The largest absolute Gasteiger partial charge is 0.466 e. The van der Waals surface area contributed by atoms with Gasteiger partial charge >= 0.3 is 0 Å². The van der Waals surface area contributed by atoms with E-state index in [2.05, 4.69) is 13.8 Å². The summed E-state index contributed by atoms with van der Waals surface area (Å²) in [5.41, 5.74) is 1.55. The molecule has 1 aromatic heterocycles. The highest BCUT2D eigenvalue weighted by molar-refractivity contribution is 5.97. The first-order valence-electron chi connectivity index (χ1n) is 6.96. The van der Waals surface area contributed by atoms with E-state index >= 15 is 0 Å². The molecule has 0 aliphatic rings. The Kier molecular flexibility index (Phi) is 5.60. The summed E-state index contributed by atoms with van der Waals surface area (Å²) in [5, 5.41) is 9.20. The van der Waals surface area contributed by atoms with Crippen LogP contribution >= 0.6 is 0 Å². The van der Waals surface area contributed by atoms with Crippen molar-refractivity contribution in [2.75, 3.05) is 13.2 Å². The summed E-state index contributed by atoms with van der Waals surface area (Å²) in [6, 6.07) is 0.161. The Labute approximate surface area is 115 Å². The number of aliphatic hydroxyl groups is 1. The maximum Gasteiger partial charge on any atom is 0.258 e. The first kappa shape index (κ1) is 15.8. The zero-order valence-corrected chi connectivity index (χ0v) is 12.6. The number of hydrogen-bond donors (Lipinski definition) is 1. The number of hydrogen-bond acceptors (Lipinski definition) is 3. The molecule has 0 atom stereocenters. The monoisotopic (exact) mass is 267 g/mol. The Hall–Kier alpha value is -1.29. The number of rotatable bonds is 6. The summed E-state index contributed by atoms with van der Waals surface area (Å²) >= 11 is 0. The van der Waals surface area contributed by atoms with Crippen molar-refractivity contribution in [2.45, 2.75) is 53.5 Å². The van der Waals surface area contributed by atoms with Gasteiger partial charge in [0.25, 0.3) is 5.91 Å². The fourth-order valence-corrected chi connectivity index (χ4v) is 2.54. The van der Waals surface area contributed by atoms with Crippen molar-refractivity contribution in [1.29, 1.82) is 0 Å². The number of furan rings is 1. The molecule has 4 nitrogen and oxygen atoms in total. The lowest BCUT2D eigenvalue weighted by molar-refractivity contribution is 0.0620. The molecular formula is C15H25NO3. The molecular weight excluding hydrogens is 242 g/mol. The average Bonchev–Trinajstić information content (AvgIpc) is 2.63. The molecule has 0 unspecified atom stereocenters. The second-order valence-electron chi connectivity index (χ2n) is 4.91. The lowest BCUT2D eigenvalue weighted by Crippen LogP contribution is -2.42. The van der Waals surface area contributed by atoms with E-state index in [-0.39, 0.29) is 18.6 Å². The lowest BCUT2D eigenvalue weighted by Gasteiger charge is -2.30. The van der Waals surface area contributed by atoms with E-state index in [1.807, 2.05) is 20.8 Å². The molecule has 4 heteroatoms. The number of amides is 1. The van der Waals surface area contributed by atoms with Crippen molar-refractivity contribution in [3.63, 3.8) is 0 Å². The lowest BCUT2D eigenvalue weighted by atomic mass is 10.1. The van der Waals surface area contributed by atoms with Crippen LogP contribution in [0.2, 0.25) is 0 Å². The molecule has 0 radical (unpaired) electrons. The van der Waals surface area contributed by atoms with Gasteiger partial charge < -0.3 is 14.4 Å². The summed E-state index contributed by atoms with van der Waals surface area (Å²) in [5.74, 6) is 1.41. The predicted octanol–water partition coefficient (Wildman–Crippen LogP) is 2.83. The van der Waals surface area contributed by atoms with Crippen LogP contribution in [0.3, 0.4) is 0 Å². The predicted molar refractivity (Wildman–Crippen MR) is 75.4 cm³/mol. The number of aryl methyl sites for hydroxylation is 2. The van der Waals surface area contributed by atoms with Gasteiger partial charge in [-0.1, -0.05) is 13.8 Å². The zero-order valence-electron chi connectivity index (χ0n) is 12.6. The Morgan fingerprint density at radius 3 is 2.16 bits per heavy atom. The number of carbonyl (C=O) groups excluding carboxylic acids is 1. The Balaban J connectivity index is 3.12. The minimum atomic E-state index is -0.0328. The number of carbonyl (C=O) groups is 1. The van der Waals surface area contributed by atoms with Crippen molar-refractivity contribution in [2.24, 2.45) is 0 Å². The minimum Gasteiger partial charge on any atom is -0.466 e. The highest BCUT2D eigenvalue weighted by Crippen LogP contribution is 2.24. The van der Waals surface area contributed by atoms with E-state index in [9.17, 15) is 9.90 Å². The highest BCUT2D eigenvalue weighted by Gasteiger charge is 2.27. The van der Waals surface area contributed by atoms with Gasteiger partial charge in [-0.15, -0.1) is 0 Å². The standard InChI is InChI=1S/C15H25NO3/c1-6-13(7-2)16(8-9-17)15(18)14-10(3)11(4)19-12(14)5/h13,17H,6-9H2,1-5H3. The normalized spacial score (nSPS) is 11.1. The van der Waals surface area contributed by atoms with Gasteiger partial charge in [0, 0.05) is 18.2 Å². The van der Waals surface area contributed by atoms with Gasteiger partial charge in [0.05, 0.1) is 12.2 Å². The molecule has 0 aliphatic carbocycles. The van der Waals surface area contributed by atoms with Gasteiger partial charge in [-0.3, -0.25) is 4.79 Å². The molecule has 0 aromatic carbocycles. The average molecular weight is 267 g/mol. The third-order valence-corrected chi connectivity index (χ3v) is 3.76. The van der Waals surface area contributed by atoms with Gasteiger partial charge in [0.15, 0.2) is 0 Å². The molecule has 0 fully saturated rings. The molecule has 0 aliphatic heterocycles. The third kappa shape index (κ3) is 3.18. The molecule has 108 valence electrons. The van der Waals surface area contributed by atoms with Crippen molar-refractivity contribution >= 4 is 5.91 Å². The van der Waals surface area contributed by atoms with Crippen molar-refractivity contribution < 1.29 is 14.3 Å². The molecule has 1 heterocycles. The SMILES string of the molecule is CCC(CC)N(CCO)C(=O)c1c(C)oc(C)c1C. The minimum absolute atomic E-state index is 0.0167. The summed E-state index contributed by atoms with van der Waals surface area (Å²) in [4.78, 5) is 14.5. The second kappa shape index (κ2) is 6.75. The molecule has 0 bridgehead atoms. The quantitative estimate of drug-likeness (QED) is 0.862. The van der Waals surface area contributed by atoms with Crippen molar-refractivity contribution in [3.8, 4) is 0 Å². The van der Waals surface area contributed by atoms with E-state index in [4.69, 9.17) is 4.42 Å². The Morgan fingerprint density at radius 1 is 1.21 bits per heavy atom. The zero-order chi connectivity index (χ0) is 14.6. The fourth-order valence-electron chi connectivity index (χ4n) is 2.54. The van der Waals surface area contributed by atoms with E-state index in [1.165, 1.54) is 0 Å². The maximum absolute atomic E-state index is 12.7. The first-order valence-corrected chi connectivity index (χ1v) is 6.96. The molecule has 0 saturated carbocycles. The van der Waals surface area contributed by atoms with E-state index in [0.717, 1.165) is 24.2 Å². The smallest absolute Gasteiger partial charge is 0.258 e. The molecule has 0 saturated heterocycles. The van der Waals surface area contributed by atoms with Crippen LogP contribution in [0.15, 0.2) is 4.42 Å². The van der Waals surface area contributed by atoms with Crippen LogP contribution in [0.5, 0.6) is 0 Å². The summed E-state index contributed by atoms with van der Waals surface area (Å²) in [7, 11) is 0. The highest BCUT2D eigenvalue weighted by atomic mass is 16.3. The van der Waals surface area contributed by atoms with Crippen LogP contribution in [-0.2, 0) is 0 Å². The topological polar surface area (TPSA) is 53.7 Å². The summed E-state index contributed by atoms with van der Waals surface area (Å²) < 4.78 is 5.53. The molecule has 1 N–H and O–H groups in total. The van der Waals surface area contributed by atoms with Crippen LogP contribution in [0.1, 0.15) is 54.1 Å². The molecule has 1 aromatic rings. The van der Waals surface area contributed by atoms with Crippen LogP contribution in [0.4, 0.5) is 0 Å². The fraction of sp³-hybridized carbons (Fsp3) is 0.667. The van der Waals surface area contributed by atoms with Crippen LogP contribution in [0.25, 0.3) is 0 Å². The van der Waals surface area contributed by atoms with Crippen LogP contribution in [0, 0.1) is 20.8 Å². The van der Waals surface area contributed by atoms with E-state index in [0.29, 0.717) is 17.9 Å². The van der Waals surface area contributed by atoms with Gasteiger partial charge in [-0.25, -0.2) is 0 Å². The van der Waals surface area contributed by atoms with E-state index < -0.39 is 0 Å². The Morgan fingerprint density at radius 2 is 1.79 bits per heavy atom. The molecule has 19 heavy (non-hydrogen) atoms. The first-order chi connectivity index (χ1) is 8.97. The van der Waals surface area contributed by atoms with Gasteiger partial charge in [0.1, 0.15) is 11.5 Å². The number of aliphatic hydroxyl groups excluding tert-OH is 1. The van der Waals surface area contributed by atoms with Crippen molar-refractivity contribution in [3.05, 3.63) is 22.6 Å². The second-order valence-corrected chi connectivity index (χ2v) is 4.91. The van der Waals surface area contributed by atoms with Crippen molar-refractivity contribution in [1.82, 2.24) is 4.90 Å². The Bertz CT molecular complexity index is 433.